The van der Waals surface area contributed by atoms with Gasteiger partial charge in [-0.2, -0.15) is 10.2 Å². The molecule has 1 aliphatic heterocycles. The van der Waals surface area contributed by atoms with Crippen molar-refractivity contribution in [2.45, 2.75) is 32.4 Å². The number of amides is 1. The van der Waals surface area contributed by atoms with Crippen LogP contribution in [0.15, 0.2) is 12.3 Å². The Morgan fingerprint density at radius 1 is 1.48 bits per heavy atom. The Kier molecular flexibility index (Phi) is 3.64. The Hall–Kier alpha value is -2.31. The molecule has 3 heterocycles. The van der Waals surface area contributed by atoms with Crippen molar-refractivity contribution < 1.29 is 4.79 Å². The summed E-state index contributed by atoms with van der Waals surface area (Å²) >= 11 is 0. The van der Waals surface area contributed by atoms with E-state index in [1.54, 1.807) is 20.3 Å². The van der Waals surface area contributed by atoms with Crippen LogP contribution in [0.2, 0.25) is 0 Å². The lowest BCUT2D eigenvalue weighted by molar-refractivity contribution is 0.0828. The fourth-order valence-corrected chi connectivity index (χ4v) is 2.57. The number of rotatable bonds is 4. The average Bonchev–Trinajstić information content (AvgIpc) is 3.10. The van der Waals surface area contributed by atoms with Gasteiger partial charge in [-0.15, -0.1) is 0 Å². The first-order valence-electron chi connectivity index (χ1n) is 7.19. The monoisotopic (exact) mass is 288 g/mol. The molecular weight excluding hydrogens is 268 g/mol. The largest absolute Gasteiger partial charge is 0.364 e. The predicted octanol–water partition coefficient (Wildman–Crippen LogP) is 1.26. The molecule has 0 bridgehead atoms. The molecule has 0 aromatic carbocycles. The number of fused-ring (bicyclic) bond motifs is 1. The minimum atomic E-state index is -0.0737. The van der Waals surface area contributed by atoms with Gasteiger partial charge in [0.25, 0.3) is 5.91 Å². The number of hydrogen-bond donors (Lipinski definition) is 2. The van der Waals surface area contributed by atoms with Gasteiger partial charge in [-0.05, 0) is 25.3 Å². The number of carbonyl (C=O) groups excluding carboxylic acids is 1. The summed E-state index contributed by atoms with van der Waals surface area (Å²) in [4.78, 5) is 13.5. The van der Waals surface area contributed by atoms with E-state index >= 15 is 0 Å². The highest BCUT2D eigenvalue weighted by atomic mass is 16.2. The van der Waals surface area contributed by atoms with Gasteiger partial charge in [0.05, 0.1) is 18.4 Å². The smallest absolute Gasteiger partial charge is 0.258 e. The molecule has 0 spiro atoms. The van der Waals surface area contributed by atoms with Gasteiger partial charge in [-0.3, -0.25) is 14.6 Å². The van der Waals surface area contributed by atoms with Crippen LogP contribution in [-0.2, 0) is 19.5 Å². The van der Waals surface area contributed by atoms with Gasteiger partial charge >= 0.3 is 0 Å². The zero-order valence-corrected chi connectivity index (χ0v) is 12.4. The number of hydrogen-bond acceptors (Lipinski definition) is 4. The van der Waals surface area contributed by atoms with Gasteiger partial charge in [0.2, 0.25) is 0 Å². The van der Waals surface area contributed by atoms with E-state index in [-0.39, 0.29) is 5.91 Å². The molecule has 112 valence electrons. The molecule has 3 rings (SSSR count). The van der Waals surface area contributed by atoms with Crippen molar-refractivity contribution in [3.05, 3.63) is 29.2 Å². The maximum Gasteiger partial charge on any atom is 0.258 e. The Bertz CT molecular complexity index is 618. The fourth-order valence-electron chi connectivity index (χ4n) is 2.57. The van der Waals surface area contributed by atoms with Gasteiger partial charge in [0, 0.05) is 26.3 Å². The number of nitrogens with one attached hydrogen (secondary N) is 2. The van der Waals surface area contributed by atoms with Gasteiger partial charge in [-0.1, -0.05) is 0 Å². The second kappa shape index (κ2) is 5.59. The lowest BCUT2D eigenvalue weighted by atomic mass is 10.1. The number of aryl methyl sites for hydroxylation is 2. The molecule has 1 amide bonds. The third-order valence-corrected chi connectivity index (χ3v) is 3.69. The Morgan fingerprint density at radius 3 is 3.10 bits per heavy atom. The zero-order chi connectivity index (χ0) is 14.8. The topological polar surface area (TPSA) is 78.8 Å². The number of carbonyl (C=O) groups is 1. The van der Waals surface area contributed by atoms with Crippen LogP contribution in [-0.4, -0.2) is 44.9 Å². The Morgan fingerprint density at radius 2 is 2.33 bits per heavy atom. The second-order valence-electron chi connectivity index (χ2n) is 5.52. The SMILES string of the molecule is CN(C)C(=O)c1cn[nH]c1NCc1cc2n(n1)CCCC2. The molecule has 2 aromatic rings. The quantitative estimate of drug-likeness (QED) is 0.887. The molecule has 0 aliphatic carbocycles. The molecule has 0 fully saturated rings. The van der Waals surface area contributed by atoms with E-state index in [0.717, 1.165) is 18.7 Å². The maximum atomic E-state index is 12.0. The van der Waals surface area contributed by atoms with Crippen LogP contribution in [0.5, 0.6) is 0 Å². The van der Waals surface area contributed by atoms with Crippen molar-refractivity contribution >= 4 is 11.7 Å². The number of anilines is 1. The summed E-state index contributed by atoms with van der Waals surface area (Å²) in [6, 6.07) is 2.13. The van der Waals surface area contributed by atoms with E-state index in [9.17, 15) is 4.79 Å². The lowest BCUT2D eigenvalue weighted by Gasteiger charge is -2.11. The molecule has 7 heteroatoms. The molecule has 0 saturated heterocycles. The number of nitrogens with zero attached hydrogens (tertiary/aromatic N) is 4. The van der Waals surface area contributed by atoms with Crippen molar-refractivity contribution in [1.82, 2.24) is 24.9 Å². The van der Waals surface area contributed by atoms with E-state index in [0.29, 0.717) is 17.9 Å². The molecular formula is C14H20N6O. The van der Waals surface area contributed by atoms with E-state index < -0.39 is 0 Å². The summed E-state index contributed by atoms with van der Waals surface area (Å²) in [6.45, 7) is 1.58. The standard InChI is InChI=1S/C14H20N6O/c1-19(2)14(21)12-9-16-17-13(12)15-8-10-7-11-5-3-4-6-20(11)18-10/h7,9H,3-6,8H2,1-2H3,(H2,15,16,17). The highest BCUT2D eigenvalue weighted by molar-refractivity contribution is 5.98. The van der Waals surface area contributed by atoms with Crippen LogP contribution in [0.1, 0.15) is 34.6 Å². The summed E-state index contributed by atoms with van der Waals surface area (Å²) in [6.07, 6.45) is 5.08. The molecule has 0 unspecified atom stereocenters. The Labute approximate surface area is 123 Å². The van der Waals surface area contributed by atoms with Gasteiger partial charge < -0.3 is 10.2 Å². The van der Waals surface area contributed by atoms with Gasteiger partial charge in [0.1, 0.15) is 11.4 Å². The number of H-pyrrole nitrogens is 1. The van der Waals surface area contributed by atoms with E-state index in [1.165, 1.54) is 23.4 Å². The molecule has 0 radical (unpaired) electrons. The first-order chi connectivity index (χ1) is 10.1. The minimum Gasteiger partial charge on any atom is -0.364 e. The summed E-state index contributed by atoms with van der Waals surface area (Å²) < 4.78 is 2.08. The molecule has 21 heavy (non-hydrogen) atoms. The van der Waals surface area contributed by atoms with Crippen molar-refractivity contribution in [1.29, 1.82) is 0 Å². The molecule has 0 atom stereocenters. The normalized spacial score (nSPS) is 13.8. The van der Waals surface area contributed by atoms with Crippen molar-refractivity contribution in [3.8, 4) is 0 Å². The molecule has 2 aromatic heterocycles. The predicted molar refractivity (Wildman–Crippen MR) is 79.1 cm³/mol. The van der Waals surface area contributed by atoms with Crippen molar-refractivity contribution in [3.63, 3.8) is 0 Å². The molecule has 7 nitrogen and oxygen atoms in total. The van der Waals surface area contributed by atoms with Crippen LogP contribution >= 0.6 is 0 Å². The lowest BCUT2D eigenvalue weighted by Crippen LogP contribution is -2.22. The number of aromatic nitrogens is 4. The van der Waals surface area contributed by atoms with Crippen LogP contribution in [0.25, 0.3) is 0 Å². The third kappa shape index (κ3) is 2.76. The summed E-state index contributed by atoms with van der Waals surface area (Å²) in [5, 5.41) is 14.6. The van der Waals surface area contributed by atoms with E-state index in [1.807, 2.05) is 0 Å². The highest BCUT2D eigenvalue weighted by Gasteiger charge is 2.16. The summed E-state index contributed by atoms with van der Waals surface area (Å²) in [7, 11) is 3.45. The third-order valence-electron chi connectivity index (χ3n) is 3.69. The fraction of sp³-hybridized carbons (Fsp3) is 0.500. The highest BCUT2D eigenvalue weighted by Crippen LogP contribution is 2.17. The van der Waals surface area contributed by atoms with Crippen LogP contribution in [0, 0.1) is 0 Å². The number of aromatic amines is 1. The van der Waals surface area contributed by atoms with Gasteiger partial charge in [0.15, 0.2) is 0 Å². The average molecular weight is 288 g/mol. The van der Waals surface area contributed by atoms with Crippen molar-refractivity contribution in [2.24, 2.45) is 0 Å². The summed E-state index contributed by atoms with van der Waals surface area (Å²) in [5.41, 5.74) is 2.83. The molecule has 0 saturated carbocycles. The first kappa shape index (κ1) is 13.7. The zero-order valence-electron chi connectivity index (χ0n) is 12.4. The Balaban J connectivity index is 1.69. The summed E-state index contributed by atoms with van der Waals surface area (Å²) in [5.74, 6) is 0.565. The van der Waals surface area contributed by atoms with Gasteiger partial charge in [-0.25, -0.2) is 0 Å². The molecule has 1 aliphatic rings. The minimum absolute atomic E-state index is 0.0737. The second-order valence-corrected chi connectivity index (χ2v) is 5.52. The van der Waals surface area contributed by atoms with E-state index in [2.05, 4.69) is 31.4 Å². The van der Waals surface area contributed by atoms with Crippen LogP contribution in [0.4, 0.5) is 5.82 Å². The first-order valence-corrected chi connectivity index (χ1v) is 7.19. The maximum absolute atomic E-state index is 12.0. The van der Waals surface area contributed by atoms with E-state index in [4.69, 9.17) is 0 Å². The van der Waals surface area contributed by atoms with Crippen LogP contribution < -0.4 is 5.32 Å². The van der Waals surface area contributed by atoms with Crippen molar-refractivity contribution in [2.75, 3.05) is 19.4 Å². The van der Waals surface area contributed by atoms with Crippen LogP contribution in [0.3, 0.4) is 0 Å². The molecule has 2 N–H and O–H groups in total.